The lowest BCUT2D eigenvalue weighted by Crippen LogP contribution is -2.44. The van der Waals surface area contributed by atoms with Gasteiger partial charge in [-0.3, -0.25) is 9.59 Å². The molecule has 0 saturated carbocycles. The van der Waals surface area contributed by atoms with Gasteiger partial charge in [0.05, 0.1) is 0 Å². The standard InChI is InChI=1S/C18H22N2O2/c1-3-5-15-12-20(13-15)18(22)11-8-14-6-9-16(10-7-14)19-17(21)4-2/h4-7,9-10H,2-3,8,11-13H2,1H3,(H,19,21). The highest BCUT2D eigenvalue weighted by atomic mass is 16.2. The van der Waals surface area contributed by atoms with Gasteiger partial charge in [0.15, 0.2) is 0 Å². The van der Waals surface area contributed by atoms with E-state index in [-0.39, 0.29) is 11.8 Å². The maximum absolute atomic E-state index is 12.0. The summed E-state index contributed by atoms with van der Waals surface area (Å²) in [7, 11) is 0. The molecule has 2 amide bonds. The summed E-state index contributed by atoms with van der Waals surface area (Å²) >= 11 is 0. The van der Waals surface area contributed by atoms with E-state index in [0.717, 1.165) is 37.2 Å². The van der Waals surface area contributed by atoms with Gasteiger partial charge in [-0.05, 0) is 42.2 Å². The average Bonchev–Trinajstić information content (AvgIpc) is 2.49. The molecule has 0 radical (unpaired) electrons. The number of nitrogens with zero attached hydrogens (tertiary/aromatic N) is 1. The Hall–Kier alpha value is -2.36. The summed E-state index contributed by atoms with van der Waals surface area (Å²) in [5, 5.41) is 2.70. The van der Waals surface area contributed by atoms with Crippen LogP contribution in [0, 0.1) is 0 Å². The molecule has 0 unspecified atom stereocenters. The van der Waals surface area contributed by atoms with Crippen molar-refractivity contribution >= 4 is 17.5 Å². The van der Waals surface area contributed by atoms with E-state index in [0.29, 0.717) is 6.42 Å². The molecule has 116 valence electrons. The molecule has 1 aromatic rings. The van der Waals surface area contributed by atoms with E-state index in [4.69, 9.17) is 0 Å². The number of nitrogens with one attached hydrogen (secondary N) is 1. The van der Waals surface area contributed by atoms with Crippen molar-refractivity contribution in [2.75, 3.05) is 18.4 Å². The Morgan fingerprint density at radius 1 is 1.27 bits per heavy atom. The largest absolute Gasteiger partial charge is 0.335 e. The van der Waals surface area contributed by atoms with Gasteiger partial charge in [-0.15, -0.1) is 0 Å². The van der Waals surface area contributed by atoms with Gasteiger partial charge >= 0.3 is 0 Å². The quantitative estimate of drug-likeness (QED) is 0.648. The molecule has 1 fully saturated rings. The third kappa shape index (κ3) is 4.32. The van der Waals surface area contributed by atoms with Crippen LogP contribution < -0.4 is 5.32 Å². The highest BCUT2D eigenvalue weighted by Crippen LogP contribution is 2.17. The van der Waals surface area contributed by atoms with Gasteiger partial charge in [0, 0.05) is 25.2 Å². The van der Waals surface area contributed by atoms with E-state index in [9.17, 15) is 9.59 Å². The maximum atomic E-state index is 12.0. The molecule has 4 nitrogen and oxygen atoms in total. The Kier molecular flexibility index (Phi) is 5.53. The van der Waals surface area contributed by atoms with E-state index in [1.54, 1.807) is 0 Å². The Balaban J connectivity index is 1.77. The fourth-order valence-corrected chi connectivity index (χ4v) is 2.40. The van der Waals surface area contributed by atoms with Crippen LogP contribution in [0.1, 0.15) is 25.3 Å². The Bertz CT molecular complexity index is 580. The predicted molar refractivity (Wildman–Crippen MR) is 88.5 cm³/mol. The molecule has 1 saturated heterocycles. The third-order valence-corrected chi connectivity index (χ3v) is 3.67. The summed E-state index contributed by atoms with van der Waals surface area (Å²) in [6.07, 6.45) is 5.71. The molecule has 0 atom stereocenters. The minimum atomic E-state index is -0.225. The highest BCUT2D eigenvalue weighted by molar-refractivity contribution is 5.98. The van der Waals surface area contributed by atoms with Crippen molar-refractivity contribution in [1.82, 2.24) is 4.90 Å². The van der Waals surface area contributed by atoms with Crippen LogP contribution in [0.4, 0.5) is 5.69 Å². The zero-order chi connectivity index (χ0) is 15.9. The molecule has 1 heterocycles. The zero-order valence-corrected chi connectivity index (χ0v) is 13.0. The van der Waals surface area contributed by atoms with Crippen LogP contribution in [-0.2, 0) is 16.0 Å². The number of hydrogen-bond acceptors (Lipinski definition) is 2. The minimum Gasteiger partial charge on any atom is -0.335 e. The first kappa shape index (κ1) is 16.0. The second-order valence-electron chi connectivity index (χ2n) is 5.41. The van der Waals surface area contributed by atoms with Crippen LogP contribution in [0.2, 0.25) is 0 Å². The number of hydrogen-bond donors (Lipinski definition) is 1. The smallest absolute Gasteiger partial charge is 0.247 e. The lowest BCUT2D eigenvalue weighted by molar-refractivity contribution is -0.132. The fraction of sp³-hybridized carbons (Fsp3) is 0.333. The van der Waals surface area contributed by atoms with E-state index < -0.39 is 0 Å². The van der Waals surface area contributed by atoms with Crippen LogP contribution in [-0.4, -0.2) is 29.8 Å². The van der Waals surface area contributed by atoms with Crippen LogP contribution >= 0.6 is 0 Å². The van der Waals surface area contributed by atoms with Crippen LogP contribution in [0.5, 0.6) is 0 Å². The molecule has 0 bridgehead atoms. The van der Waals surface area contributed by atoms with Gasteiger partial charge in [0.2, 0.25) is 11.8 Å². The van der Waals surface area contributed by atoms with Gasteiger partial charge in [-0.2, -0.15) is 0 Å². The van der Waals surface area contributed by atoms with Crippen molar-refractivity contribution in [2.45, 2.75) is 26.2 Å². The molecule has 4 heteroatoms. The topological polar surface area (TPSA) is 49.4 Å². The molecule has 1 N–H and O–H groups in total. The Morgan fingerprint density at radius 2 is 1.95 bits per heavy atom. The summed E-state index contributed by atoms with van der Waals surface area (Å²) in [6.45, 7) is 7.10. The van der Waals surface area contributed by atoms with Crippen molar-refractivity contribution in [2.24, 2.45) is 0 Å². The summed E-state index contributed by atoms with van der Waals surface area (Å²) in [5.41, 5.74) is 3.19. The van der Waals surface area contributed by atoms with E-state index >= 15 is 0 Å². The number of likely N-dealkylation sites (tertiary alicyclic amines) is 1. The number of aryl methyl sites for hydroxylation is 1. The monoisotopic (exact) mass is 298 g/mol. The lowest BCUT2D eigenvalue weighted by atomic mass is 10.0. The molecule has 0 aliphatic carbocycles. The number of anilines is 1. The number of rotatable bonds is 6. The molecule has 2 rings (SSSR count). The van der Waals surface area contributed by atoms with Gasteiger partial charge in [-0.1, -0.05) is 31.7 Å². The molecular formula is C18H22N2O2. The first-order valence-electron chi connectivity index (χ1n) is 7.60. The van der Waals surface area contributed by atoms with Crippen molar-refractivity contribution < 1.29 is 9.59 Å². The molecule has 1 aliphatic heterocycles. The Morgan fingerprint density at radius 3 is 2.55 bits per heavy atom. The van der Waals surface area contributed by atoms with Crippen LogP contribution in [0.3, 0.4) is 0 Å². The zero-order valence-electron chi connectivity index (χ0n) is 13.0. The molecule has 0 aromatic heterocycles. The summed E-state index contributed by atoms with van der Waals surface area (Å²) in [5.74, 6) is -0.0195. The second-order valence-corrected chi connectivity index (χ2v) is 5.41. The normalized spacial score (nSPS) is 13.3. The van der Waals surface area contributed by atoms with Crippen molar-refractivity contribution in [3.05, 3.63) is 54.1 Å². The van der Waals surface area contributed by atoms with Gasteiger partial charge in [-0.25, -0.2) is 0 Å². The number of allylic oxidation sites excluding steroid dienone is 1. The van der Waals surface area contributed by atoms with Gasteiger partial charge in [0.1, 0.15) is 0 Å². The third-order valence-electron chi connectivity index (χ3n) is 3.67. The van der Waals surface area contributed by atoms with Gasteiger partial charge < -0.3 is 10.2 Å². The first-order chi connectivity index (χ1) is 10.6. The van der Waals surface area contributed by atoms with Crippen LogP contribution in [0.15, 0.2) is 48.6 Å². The maximum Gasteiger partial charge on any atom is 0.247 e. The number of carbonyl (C=O) groups is 2. The van der Waals surface area contributed by atoms with E-state index in [1.165, 1.54) is 11.6 Å². The molecule has 1 aliphatic rings. The molecule has 22 heavy (non-hydrogen) atoms. The molecular weight excluding hydrogens is 276 g/mol. The number of amides is 2. The van der Waals surface area contributed by atoms with Gasteiger partial charge in [0.25, 0.3) is 0 Å². The number of benzene rings is 1. The summed E-state index contributed by atoms with van der Waals surface area (Å²) in [6, 6.07) is 7.55. The van der Waals surface area contributed by atoms with Crippen molar-refractivity contribution in [3.63, 3.8) is 0 Å². The predicted octanol–water partition coefficient (Wildman–Crippen LogP) is 2.92. The Labute approximate surface area is 131 Å². The van der Waals surface area contributed by atoms with Crippen molar-refractivity contribution in [3.8, 4) is 0 Å². The average molecular weight is 298 g/mol. The minimum absolute atomic E-state index is 0.206. The number of carbonyl (C=O) groups excluding carboxylic acids is 2. The van der Waals surface area contributed by atoms with E-state index in [2.05, 4.69) is 24.9 Å². The highest BCUT2D eigenvalue weighted by Gasteiger charge is 2.23. The van der Waals surface area contributed by atoms with Crippen molar-refractivity contribution in [1.29, 1.82) is 0 Å². The molecule has 1 aromatic carbocycles. The lowest BCUT2D eigenvalue weighted by Gasteiger charge is -2.34. The molecule has 0 spiro atoms. The van der Waals surface area contributed by atoms with E-state index in [1.807, 2.05) is 29.2 Å². The van der Waals surface area contributed by atoms with Crippen LogP contribution in [0.25, 0.3) is 0 Å². The summed E-state index contributed by atoms with van der Waals surface area (Å²) < 4.78 is 0. The second kappa shape index (κ2) is 7.59. The first-order valence-corrected chi connectivity index (χ1v) is 7.60. The SMILES string of the molecule is C=CC(=O)Nc1ccc(CCC(=O)N2CC(=CCC)C2)cc1. The fourth-order valence-electron chi connectivity index (χ4n) is 2.40. The summed E-state index contributed by atoms with van der Waals surface area (Å²) in [4.78, 5) is 25.1.